The summed E-state index contributed by atoms with van der Waals surface area (Å²) in [6.07, 6.45) is 28.3. The number of unbranched alkanes of at least 4 members (excludes halogenated alkanes) is 2. The second-order valence-corrected chi connectivity index (χ2v) is 38.8. The Morgan fingerprint density at radius 2 is 0.783 bits per heavy atom. The highest BCUT2D eigenvalue weighted by Crippen LogP contribution is 2.38. The van der Waals surface area contributed by atoms with Crippen molar-refractivity contribution in [2.45, 2.75) is 243 Å². The van der Waals surface area contributed by atoms with Crippen LogP contribution in [0.5, 0.6) is 5.75 Å². The number of aryl methyl sites for hydroxylation is 4. The zero-order valence-corrected chi connectivity index (χ0v) is 84.9. The maximum Gasteiger partial charge on any atom is 0.257 e. The fourth-order valence-electron chi connectivity index (χ4n) is 18.7. The average Bonchev–Trinajstić information content (AvgIpc) is 1.64. The van der Waals surface area contributed by atoms with Crippen molar-refractivity contribution in [2.75, 3.05) is 39.8 Å². The fourth-order valence-corrected chi connectivity index (χ4v) is 18.7. The molecule has 5 aromatic carbocycles. The first-order chi connectivity index (χ1) is 69.3. The van der Waals surface area contributed by atoms with Crippen LogP contribution in [0.25, 0.3) is 55.8 Å². The average molecular weight is 1940 g/mol. The van der Waals surface area contributed by atoms with E-state index in [2.05, 4.69) is 124 Å². The van der Waals surface area contributed by atoms with Crippen LogP contribution in [0.2, 0.25) is 0 Å². The van der Waals surface area contributed by atoms with Gasteiger partial charge in [0.1, 0.15) is 79.9 Å². The van der Waals surface area contributed by atoms with Gasteiger partial charge in [0.2, 0.25) is 0 Å². The van der Waals surface area contributed by atoms with Gasteiger partial charge in [0, 0.05) is 107 Å². The van der Waals surface area contributed by atoms with Crippen molar-refractivity contribution in [1.29, 1.82) is 0 Å². The van der Waals surface area contributed by atoms with Crippen LogP contribution in [0.4, 0.5) is 13.2 Å². The quantitative estimate of drug-likeness (QED) is 0.0259. The van der Waals surface area contributed by atoms with Crippen LogP contribution in [-0.4, -0.2) is 167 Å². The predicted octanol–water partition coefficient (Wildman–Crippen LogP) is 23.6. The number of rotatable bonds is 37. The summed E-state index contributed by atoms with van der Waals surface area (Å²) in [5, 5.41) is 0. The Balaban J connectivity index is 0.000000142. The molecular formula is C114H137F3N20O6. The van der Waals surface area contributed by atoms with E-state index in [1.165, 1.54) is 74.4 Å². The molecule has 750 valence electrons. The van der Waals surface area contributed by atoms with Crippen LogP contribution in [0.15, 0.2) is 220 Å². The maximum absolute atomic E-state index is 14.3. The van der Waals surface area contributed by atoms with Crippen LogP contribution < -0.4 is 4.74 Å². The molecule has 0 atom stereocenters. The number of imidazole rings is 5. The first-order valence-electron chi connectivity index (χ1n) is 50.9. The number of benzene rings is 5. The molecule has 0 radical (unpaired) electrons. The number of nitrogens with zero attached hydrogens (tertiary/aromatic N) is 20. The van der Waals surface area contributed by atoms with E-state index in [1.54, 1.807) is 95.1 Å². The molecule has 143 heavy (non-hydrogen) atoms. The van der Waals surface area contributed by atoms with E-state index in [0.717, 1.165) is 180 Å². The zero-order valence-electron chi connectivity index (χ0n) is 84.9. The van der Waals surface area contributed by atoms with E-state index in [-0.39, 0.29) is 58.7 Å². The Labute approximate surface area is 837 Å². The van der Waals surface area contributed by atoms with Crippen molar-refractivity contribution in [2.24, 2.45) is 23.7 Å². The smallest absolute Gasteiger partial charge is 0.257 e. The number of amides is 5. The number of carbonyl (C=O) groups is 5. The number of hydrogen-bond donors (Lipinski definition) is 0. The van der Waals surface area contributed by atoms with Gasteiger partial charge in [0.25, 0.3) is 29.5 Å². The highest BCUT2D eigenvalue weighted by atomic mass is 19.1. The van der Waals surface area contributed by atoms with E-state index >= 15 is 0 Å². The van der Waals surface area contributed by atoms with E-state index in [1.807, 2.05) is 126 Å². The number of carbonyl (C=O) groups excluding carboxylic acids is 5. The van der Waals surface area contributed by atoms with E-state index < -0.39 is 17.5 Å². The summed E-state index contributed by atoms with van der Waals surface area (Å²) in [6, 6.07) is 51.7. The topological polar surface area (TPSA) is 264 Å². The normalized spacial score (nSPS) is 13.1. The third kappa shape index (κ3) is 26.8. The monoisotopic (exact) mass is 1940 g/mol. The zero-order chi connectivity index (χ0) is 101. The number of hydrogen-bond acceptors (Lipinski definition) is 16. The molecule has 15 aromatic rings. The predicted molar refractivity (Wildman–Crippen MR) is 557 cm³/mol. The Bertz CT molecular complexity index is 6820. The Hall–Kier alpha value is -14.1. The summed E-state index contributed by atoms with van der Waals surface area (Å²) in [6.45, 7) is 34.1. The molecule has 18 rings (SSSR count). The minimum Gasteiger partial charge on any atom is -0.497 e. The van der Waals surface area contributed by atoms with E-state index in [4.69, 9.17) is 29.7 Å². The van der Waals surface area contributed by atoms with Crippen LogP contribution in [0, 0.1) is 55.0 Å². The highest BCUT2D eigenvalue weighted by Gasteiger charge is 2.33. The molecule has 10 aromatic heterocycles. The van der Waals surface area contributed by atoms with Gasteiger partial charge in [-0.3, -0.25) is 24.0 Å². The van der Waals surface area contributed by atoms with Gasteiger partial charge in [-0.1, -0.05) is 155 Å². The first kappa shape index (κ1) is 105. The van der Waals surface area contributed by atoms with Crippen LogP contribution >= 0.6 is 0 Å². The van der Waals surface area contributed by atoms with Crippen molar-refractivity contribution in [3.63, 3.8) is 0 Å². The van der Waals surface area contributed by atoms with Gasteiger partial charge in [-0.25, -0.2) is 63.0 Å². The SMILES string of the molecule is C=CCN(Cc1nc2cccnc2n1CC1CC1)C(=O)c1ccccc1F.CC(C)CN(Cc1nc2cccnc2n1C1CCCC1)C(=O)c1ccccc1F.CCCCCN(Cc1nc2cccnc2n1C1CCCC1)C(=O)c1cccc(OC)c1.CCCn1c(CN(CC(C)C)C(=O)c2ccc(C)c(C)c2)nc2cccnc21.CCCn1c(CN(CCC(C)C)C(=O)c2ccccc2F)nc2cccnc21. The Morgan fingerprint density at radius 3 is 1.22 bits per heavy atom. The molecule has 10 heterocycles. The molecule has 26 nitrogen and oxygen atoms in total. The highest BCUT2D eigenvalue weighted by molar-refractivity contribution is 5.97. The number of halogens is 3. The van der Waals surface area contributed by atoms with Gasteiger partial charge in [0.15, 0.2) is 28.2 Å². The summed E-state index contributed by atoms with van der Waals surface area (Å²) < 4.78 is 58.8. The summed E-state index contributed by atoms with van der Waals surface area (Å²) >= 11 is 0. The number of methoxy groups -OCH3 is 1. The molecule has 29 heteroatoms. The summed E-state index contributed by atoms with van der Waals surface area (Å²) in [4.78, 5) is 121. The Kier molecular flexibility index (Phi) is 37.0. The van der Waals surface area contributed by atoms with Gasteiger partial charge in [-0.05, 0) is 240 Å². The molecule has 3 aliphatic rings. The largest absolute Gasteiger partial charge is 0.497 e. The molecule has 0 N–H and O–H groups in total. The van der Waals surface area contributed by atoms with Gasteiger partial charge < -0.3 is 52.1 Å². The van der Waals surface area contributed by atoms with Crippen molar-refractivity contribution in [3.8, 4) is 5.75 Å². The number of aromatic nitrogens is 15. The van der Waals surface area contributed by atoms with Crippen molar-refractivity contribution >= 4 is 85.4 Å². The van der Waals surface area contributed by atoms with Crippen molar-refractivity contribution < 1.29 is 41.9 Å². The lowest BCUT2D eigenvalue weighted by molar-refractivity contribution is 0.0705. The minimum absolute atomic E-state index is 0.0213. The number of pyridine rings is 5. The molecule has 5 amide bonds. The summed E-state index contributed by atoms with van der Waals surface area (Å²) in [5.41, 5.74) is 12.6. The lowest BCUT2D eigenvalue weighted by Gasteiger charge is -2.26. The third-order valence-electron chi connectivity index (χ3n) is 26.2. The molecule has 0 bridgehead atoms. The van der Waals surface area contributed by atoms with Crippen molar-refractivity contribution in [3.05, 3.63) is 305 Å². The van der Waals surface area contributed by atoms with Crippen LogP contribution in [-0.2, 0) is 52.4 Å². The van der Waals surface area contributed by atoms with Crippen LogP contribution in [0.3, 0.4) is 0 Å². The second kappa shape index (κ2) is 50.5. The molecule has 3 aliphatic carbocycles. The molecule has 0 saturated heterocycles. The standard InChI is InChI=1S/C25H32N4O2.C23H27FN4O.C23H30N4O.C22H27FN4O.C21H21FN4O/c1-3-4-7-16-28(25(30)19-10-8-13-21(17-19)31-2)18-23-27-22-14-9-15-26-24(22)29(23)20-11-5-6-12-20;1-16(2)14-27(23(29)18-10-5-6-11-19(18)24)15-21-26-20-12-7-13-25-22(20)28(21)17-8-3-4-9-17;1-6-12-27-21(25-20-8-7-11-24-22(20)27)15-26(14-16(2)3)23(28)19-10-9-17(4)18(5)13-19;1-4-13-27-20(25-19-10-7-12-24-21(19)27)15-26(14-11-16(2)3)22(28)17-8-5-6-9-18(17)23;1-2-12-25(21(27)16-6-3-4-7-17(16)22)14-19-24-18-8-5-11-23-20(18)26(19)13-15-9-10-15/h8-10,13-15,17,20H,3-7,11-12,16,18H2,1-2H3;5-7,10-13,16-17H,3-4,8-9,14-15H2,1-2H3;7-11,13,16H,6,12,14-15H2,1-5H3;5-10,12,16H,4,11,13-15H2,1-3H3;2-8,11,15H,1,9-10,12-14H2. The number of ether oxygens (including phenoxy) is 1. The van der Waals surface area contributed by atoms with Gasteiger partial charge in [-0.15, -0.1) is 6.58 Å². The van der Waals surface area contributed by atoms with Gasteiger partial charge in [-0.2, -0.15) is 0 Å². The van der Waals surface area contributed by atoms with Gasteiger partial charge >= 0.3 is 0 Å². The molecule has 3 fully saturated rings. The summed E-state index contributed by atoms with van der Waals surface area (Å²) in [5.74, 6) is 4.21. The van der Waals surface area contributed by atoms with Crippen molar-refractivity contribution in [1.82, 2.24) is 97.2 Å². The molecule has 3 saturated carbocycles. The minimum atomic E-state index is -0.523. The van der Waals surface area contributed by atoms with E-state index in [9.17, 15) is 37.1 Å². The lowest BCUT2D eigenvalue weighted by atomic mass is 10.0. The first-order valence-corrected chi connectivity index (χ1v) is 50.9. The Morgan fingerprint density at radius 1 is 0.399 bits per heavy atom. The summed E-state index contributed by atoms with van der Waals surface area (Å²) in [7, 11) is 1.62. The van der Waals surface area contributed by atoms with E-state index in [0.29, 0.717) is 100 Å². The maximum atomic E-state index is 14.3. The molecular weight excluding hydrogens is 1800 g/mol. The second-order valence-electron chi connectivity index (χ2n) is 38.8. The van der Waals surface area contributed by atoms with Gasteiger partial charge in [0.05, 0.1) is 56.5 Å². The fraction of sp³-hybridized carbons (Fsp3) is 0.412. The van der Waals surface area contributed by atoms with Crippen LogP contribution in [0.1, 0.15) is 269 Å². The molecule has 0 aliphatic heterocycles. The molecule has 0 spiro atoms. The molecule has 0 unspecified atom stereocenters. The third-order valence-corrected chi connectivity index (χ3v) is 26.2. The lowest BCUT2D eigenvalue weighted by Crippen LogP contribution is -2.35. The number of fused-ring (bicyclic) bond motifs is 5.